The van der Waals surface area contributed by atoms with Crippen LogP contribution in [0.3, 0.4) is 0 Å². The molecule has 0 radical (unpaired) electrons. The molecule has 0 aromatic carbocycles. The Balaban J connectivity index is 1.52. The van der Waals surface area contributed by atoms with E-state index in [1.54, 1.807) is 0 Å². The third-order valence-corrected chi connectivity index (χ3v) is 6.44. The summed E-state index contributed by atoms with van der Waals surface area (Å²) in [6.45, 7) is 2.47. The first-order valence-electron chi connectivity index (χ1n) is 8.25. The zero-order valence-electron chi connectivity index (χ0n) is 12.4. The molecule has 0 bridgehead atoms. The summed E-state index contributed by atoms with van der Waals surface area (Å²) in [6, 6.07) is 0. The van der Waals surface area contributed by atoms with Gasteiger partial charge in [0.15, 0.2) is 0 Å². The number of hydrogen-bond donors (Lipinski definition) is 1. The number of aliphatic hydroxyl groups excluding tert-OH is 1. The Kier molecular flexibility index (Phi) is 5.29. The van der Waals surface area contributed by atoms with E-state index in [0.29, 0.717) is 5.92 Å². The van der Waals surface area contributed by atoms with Crippen LogP contribution >= 0.6 is 11.8 Å². The molecule has 3 saturated heterocycles. The molecule has 0 aliphatic carbocycles. The van der Waals surface area contributed by atoms with E-state index in [2.05, 4.69) is 11.8 Å². The molecule has 20 heavy (non-hydrogen) atoms. The molecule has 4 heteroatoms. The molecule has 3 heterocycles. The maximum atomic E-state index is 10.6. The van der Waals surface area contributed by atoms with Gasteiger partial charge in [0.1, 0.15) is 0 Å². The first kappa shape index (κ1) is 15.1. The molecule has 2 unspecified atom stereocenters. The fourth-order valence-electron chi connectivity index (χ4n) is 4.00. The average Bonchev–Trinajstić information content (AvgIpc) is 2.49. The predicted octanol–water partition coefficient (Wildman–Crippen LogP) is 2.86. The van der Waals surface area contributed by atoms with Gasteiger partial charge >= 0.3 is 0 Å². The molecule has 0 aromatic rings. The van der Waals surface area contributed by atoms with E-state index >= 15 is 0 Å². The Morgan fingerprint density at radius 3 is 2.60 bits per heavy atom. The van der Waals surface area contributed by atoms with Crippen LogP contribution in [0.5, 0.6) is 0 Å². The lowest BCUT2D eigenvalue weighted by atomic mass is 9.76. The number of hydrogen-bond acceptors (Lipinski definition) is 4. The molecular formula is C16H28O3S. The third kappa shape index (κ3) is 3.70. The highest BCUT2D eigenvalue weighted by molar-refractivity contribution is 7.99. The molecule has 1 spiro atoms. The number of ether oxygens (including phenoxy) is 2. The van der Waals surface area contributed by atoms with Crippen molar-refractivity contribution in [2.75, 3.05) is 31.3 Å². The van der Waals surface area contributed by atoms with Crippen molar-refractivity contribution in [2.24, 2.45) is 11.8 Å². The van der Waals surface area contributed by atoms with Crippen molar-refractivity contribution in [3.63, 3.8) is 0 Å². The first-order chi connectivity index (χ1) is 9.77. The van der Waals surface area contributed by atoms with Crippen LogP contribution in [-0.4, -0.2) is 48.1 Å². The Labute approximate surface area is 126 Å². The maximum absolute atomic E-state index is 10.6. The fourth-order valence-corrected chi connectivity index (χ4v) is 5.21. The SMILES string of the molecule is OC(CC1CCSCC1)C1CCOC2(CCOCC2)C1. The van der Waals surface area contributed by atoms with Gasteiger partial charge < -0.3 is 14.6 Å². The highest BCUT2D eigenvalue weighted by Gasteiger charge is 2.41. The Bertz CT molecular complexity index is 293. The molecule has 116 valence electrons. The molecule has 0 aromatic heterocycles. The van der Waals surface area contributed by atoms with Crippen LogP contribution in [0.15, 0.2) is 0 Å². The lowest BCUT2D eigenvalue weighted by molar-refractivity contribution is -0.159. The van der Waals surface area contributed by atoms with Crippen LogP contribution in [0.4, 0.5) is 0 Å². The van der Waals surface area contributed by atoms with Gasteiger partial charge in [-0.2, -0.15) is 11.8 Å². The summed E-state index contributed by atoms with van der Waals surface area (Å²) >= 11 is 2.06. The molecule has 3 aliphatic rings. The predicted molar refractivity (Wildman–Crippen MR) is 82.1 cm³/mol. The number of thioether (sulfide) groups is 1. The highest BCUT2D eigenvalue weighted by atomic mass is 32.2. The minimum atomic E-state index is -0.119. The van der Waals surface area contributed by atoms with Gasteiger partial charge in [0.05, 0.1) is 11.7 Å². The van der Waals surface area contributed by atoms with Gasteiger partial charge in [-0.1, -0.05) is 0 Å². The fraction of sp³-hybridized carbons (Fsp3) is 1.00. The van der Waals surface area contributed by atoms with Gasteiger partial charge in [0.2, 0.25) is 0 Å². The highest BCUT2D eigenvalue weighted by Crippen LogP contribution is 2.40. The maximum Gasteiger partial charge on any atom is 0.0730 e. The van der Waals surface area contributed by atoms with Crippen LogP contribution in [0, 0.1) is 11.8 Å². The van der Waals surface area contributed by atoms with Crippen LogP contribution in [0.25, 0.3) is 0 Å². The first-order valence-corrected chi connectivity index (χ1v) is 9.40. The van der Waals surface area contributed by atoms with Gasteiger partial charge in [0, 0.05) is 19.8 Å². The van der Waals surface area contributed by atoms with Crippen LogP contribution < -0.4 is 0 Å². The number of rotatable bonds is 3. The summed E-state index contributed by atoms with van der Waals surface area (Å²) in [5, 5.41) is 10.6. The smallest absolute Gasteiger partial charge is 0.0730 e. The Hall–Kier alpha value is 0.230. The van der Waals surface area contributed by atoms with Crippen molar-refractivity contribution in [1.29, 1.82) is 0 Å². The van der Waals surface area contributed by atoms with Gasteiger partial charge in [-0.15, -0.1) is 0 Å². The molecule has 3 rings (SSSR count). The summed E-state index contributed by atoms with van der Waals surface area (Å²) in [5.41, 5.74) is 0.0184. The Morgan fingerprint density at radius 1 is 1.10 bits per heavy atom. The van der Waals surface area contributed by atoms with E-state index in [0.717, 1.165) is 57.8 Å². The van der Waals surface area contributed by atoms with E-state index in [4.69, 9.17) is 9.47 Å². The van der Waals surface area contributed by atoms with E-state index in [1.165, 1.54) is 24.3 Å². The van der Waals surface area contributed by atoms with Crippen molar-refractivity contribution >= 4 is 11.8 Å². The summed E-state index contributed by atoms with van der Waals surface area (Å²) in [5.74, 6) is 3.76. The topological polar surface area (TPSA) is 38.7 Å². The monoisotopic (exact) mass is 300 g/mol. The van der Waals surface area contributed by atoms with Crippen molar-refractivity contribution in [1.82, 2.24) is 0 Å². The molecular weight excluding hydrogens is 272 g/mol. The second-order valence-electron chi connectivity index (χ2n) is 6.76. The second-order valence-corrected chi connectivity index (χ2v) is 7.98. The van der Waals surface area contributed by atoms with Gasteiger partial charge in [-0.3, -0.25) is 0 Å². The van der Waals surface area contributed by atoms with E-state index in [-0.39, 0.29) is 11.7 Å². The van der Waals surface area contributed by atoms with Crippen molar-refractivity contribution in [3.8, 4) is 0 Å². The van der Waals surface area contributed by atoms with Gasteiger partial charge in [-0.05, 0) is 68.3 Å². The summed E-state index contributed by atoms with van der Waals surface area (Å²) in [4.78, 5) is 0. The summed E-state index contributed by atoms with van der Waals surface area (Å²) in [7, 11) is 0. The van der Waals surface area contributed by atoms with Gasteiger partial charge in [0.25, 0.3) is 0 Å². The lowest BCUT2D eigenvalue weighted by Gasteiger charge is -2.44. The standard InChI is InChI=1S/C16H28O3S/c17-15(11-13-2-9-20-10-3-13)14-1-6-19-16(12-14)4-7-18-8-5-16/h13-15,17H,1-12H2. The van der Waals surface area contributed by atoms with Crippen molar-refractivity contribution in [3.05, 3.63) is 0 Å². The minimum absolute atomic E-state index is 0.0184. The molecule has 1 N–H and O–H groups in total. The van der Waals surface area contributed by atoms with Crippen molar-refractivity contribution in [2.45, 2.75) is 56.7 Å². The molecule has 3 aliphatic heterocycles. The Morgan fingerprint density at radius 2 is 1.85 bits per heavy atom. The molecule has 0 saturated carbocycles. The largest absolute Gasteiger partial charge is 0.393 e. The average molecular weight is 300 g/mol. The third-order valence-electron chi connectivity index (χ3n) is 5.39. The quantitative estimate of drug-likeness (QED) is 0.870. The lowest BCUT2D eigenvalue weighted by Crippen LogP contribution is -2.46. The van der Waals surface area contributed by atoms with Gasteiger partial charge in [-0.25, -0.2) is 0 Å². The molecule has 2 atom stereocenters. The molecule has 0 amide bonds. The van der Waals surface area contributed by atoms with Crippen LogP contribution in [-0.2, 0) is 9.47 Å². The number of aliphatic hydroxyl groups is 1. The second kappa shape index (κ2) is 6.99. The van der Waals surface area contributed by atoms with Crippen LogP contribution in [0.2, 0.25) is 0 Å². The molecule has 3 fully saturated rings. The van der Waals surface area contributed by atoms with E-state index < -0.39 is 0 Å². The summed E-state index contributed by atoms with van der Waals surface area (Å²) in [6.07, 6.45) is 7.58. The zero-order chi connectivity index (χ0) is 13.8. The normalized spacial score (nSPS) is 33.1. The van der Waals surface area contributed by atoms with E-state index in [9.17, 15) is 5.11 Å². The van der Waals surface area contributed by atoms with Crippen molar-refractivity contribution < 1.29 is 14.6 Å². The zero-order valence-corrected chi connectivity index (χ0v) is 13.2. The van der Waals surface area contributed by atoms with Crippen LogP contribution in [0.1, 0.15) is 44.9 Å². The van der Waals surface area contributed by atoms with E-state index in [1.807, 2.05) is 0 Å². The molecule has 3 nitrogen and oxygen atoms in total. The minimum Gasteiger partial charge on any atom is -0.393 e. The summed E-state index contributed by atoms with van der Waals surface area (Å²) < 4.78 is 11.6.